The molecule has 0 saturated carbocycles. The van der Waals surface area contributed by atoms with Crippen molar-refractivity contribution in [1.82, 2.24) is 0 Å². The van der Waals surface area contributed by atoms with Crippen molar-refractivity contribution >= 4 is 30.4 Å². The molecule has 0 aliphatic carbocycles. The van der Waals surface area contributed by atoms with Gasteiger partial charge in [0.2, 0.25) is 5.44 Å². The van der Waals surface area contributed by atoms with Crippen LogP contribution in [0.15, 0.2) is 28.0 Å². The Kier molecular flexibility index (Phi) is 4.27. The summed E-state index contributed by atoms with van der Waals surface area (Å²) in [6.07, 6.45) is 0. The fourth-order valence-corrected chi connectivity index (χ4v) is 3.20. The van der Waals surface area contributed by atoms with Crippen LogP contribution in [0.3, 0.4) is 0 Å². The van der Waals surface area contributed by atoms with Crippen LogP contribution < -0.4 is 0 Å². The summed E-state index contributed by atoms with van der Waals surface area (Å²) in [6.45, 7) is 0. The minimum absolute atomic E-state index is 0.231. The summed E-state index contributed by atoms with van der Waals surface area (Å²) in [7, 11) is -15.1. The second-order valence-electron chi connectivity index (χ2n) is 3.52. The molecular weight excluding hydrogens is 340 g/mol. The van der Waals surface area contributed by atoms with Crippen molar-refractivity contribution in [2.24, 2.45) is 0 Å². The smallest absolute Gasteiger partial charge is 0.296 e. The van der Waals surface area contributed by atoms with Crippen LogP contribution in [-0.2, 0) is 30.4 Å². The fourth-order valence-electron chi connectivity index (χ4n) is 1.26. The molecule has 1 rings (SSSR count). The first-order valence-corrected chi connectivity index (χ1v) is 8.86. The zero-order valence-corrected chi connectivity index (χ0v) is 11.7. The number of rotatable bonds is 4. The maximum absolute atomic E-state index is 11.1. The Hall–Kier alpha value is -1.09. The van der Waals surface area contributed by atoms with Crippen molar-refractivity contribution in [2.75, 3.05) is 0 Å². The quantitative estimate of drug-likeness (QED) is 0.495. The van der Waals surface area contributed by atoms with Gasteiger partial charge in [0.05, 0.1) is 4.90 Å². The molecule has 114 valence electrons. The van der Waals surface area contributed by atoms with E-state index in [2.05, 4.69) is 0 Å². The van der Waals surface area contributed by atoms with Crippen molar-refractivity contribution in [3.05, 3.63) is 23.8 Å². The lowest BCUT2D eigenvalue weighted by molar-refractivity contribution is 0.235. The Bertz CT molecular complexity index is 833. The van der Waals surface area contributed by atoms with Crippen LogP contribution in [0.25, 0.3) is 0 Å². The first-order valence-electron chi connectivity index (χ1n) is 4.48. The van der Waals surface area contributed by atoms with Gasteiger partial charge in [0, 0.05) is 5.56 Å². The summed E-state index contributed by atoms with van der Waals surface area (Å²) >= 11 is 0. The second kappa shape index (κ2) is 5.03. The number of aliphatic hydroxyl groups is 1. The maximum Gasteiger partial charge on any atom is 0.296 e. The average molecular weight is 348 g/mol. The molecule has 0 saturated heterocycles. The van der Waals surface area contributed by atoms with Crippen molar-refractivity contribution < 1.29 is 44.0 Å². The van der Waals surface area contributed by atoms with E-state index in [0.29, 0.717) is 12.1 Å². The molecule has 0 bridgehead atoms. The predicted molar refractivity (Wildman–Crippen MR) is 62.6 cm³/mol. The normalized spacial score (nSPS) is 15.0. The summed E-state index contributed by atoms with van der Waals surface area (Å²) in [5.41, 5.74) is -3.71. The maximum atomic E-state index is 11.1. The third-order valence-electron chi connectivity index (χ3n) is 2.11. The SMILES string of the molecule is O=S(=O)(O)c1ccc(C(O)S(=O)(=O)O)c(S(=O)(=O)O)c1. The minimum atomic E-state index is -5.13. The molecule has 0 heterocycles. The van der Waals surface area contributed by atoms with Crippen molar-refractivity contribution in [3.8, 4) is 0 Å². The van der Waals surface area contributed by atoms with Gasteiger partial charge in [0.1, 0.15) is 4.90 Å². The first kappa shape index (κ1) is 17.0. The van der Waals surface area contributed by atoms with Gasteiger partial charge in [-0.25, -0.2) is 0 Å². The lowest BCUT2D eigenvalue weighted by Crippen LogP contribution is -2.16. The molecule has 13 heteroatoms. The molecule has 10 nitrogen and oxygen atoms in total. The first-order chi connectivity index (χ1) is 8.74. The van der Waals surface area contributed by atoms with E-state index in [4.69, 9.17) is 13.7 Å². The molecule has 1 aromatic carbocycles. The highest BCUT2D eigenvalue weighted by molar-refractivity contribution is 7.87. The van der Waals surface area contributed by atoms with E-state index < -0.39 is 51.1 Å². The Balaban J connectivity index is 3.73. The minimum Gasteiger partial charge on any atom is -0.371 e. The van der Waals surface area contributed by atoms with E-state index in [1.54, 1.807) is 0 Å². The van der Waals surface area contributed by atoms with E-state index in [-0.39, 0.29) is 6.07 Å². The zero-order chi connectivity index (χ0) is 15.9. The van der Waals surface area contributed by atoms with E-state index in [9.17, 15) is 30.4 Å². The van der Waals surface area contributed by atoms with Crippen LogP contribution in [0.1, 0.15) is 11.0 Å². The molecule has 0 radical (unpaired) electrons. The van der Waals surface area contributed by atoms with Gasteiger partial charge in [0.15, 0.2) is 0 Å². The molecule has 0 aliphatic rings. The lowest BCUT2D eigenvalue weighted by atomic mass is 10.2. The van der Waals surface area contributed by atoms with Gasteiger partial charge < -0.3 is 5.11 Å². The molecule has 1 aromatic rings. The summed E-state index contributed by atoms with van der Waals surface area (Å²) < 4.78 is 91.6. The van der Waals surface area contributed by atoms with Crippen LogP contribution in [0, 0.1) is 0 Å². The number of benzene rings is 1. The van der Waals surface area contributed by atoms with Gasteiger partial charge in [-0.15, -0.1) is 0 Å². The highest BCUT2D eigenvalue weighted by Crippen LogP contribution is 2.28. The van der Waals surface area contributed by atoms with Crippen molar-refractivity contribution in [3.63, 3.8) is 0 Å². The highest BCUT2D eigenvalue weighted by Gasteiger charge is 2.30. The predicted octanol–water partition coefficient (Wildman–Crippen LogP) is -0.941. The Morgan fingerprint density at radius 3 is 1.70 bits per heavy atom. The van der Waals surface area contributed by atoms with Crippen LogP contribution >= 0.6 is 0 Å². The molecule has 0 amide bonds. The monoisotopic (exact) mass is 348 g/mol. The van der Waals surface area contributed by atoms with Crippen LogP contribution in [0.2, 0.25) is 0 Å². The number of hydrogen-bond acceptors (Lipinski definition) is 7. The van der Waals surface area contributed by atoms with Gasteiger partial charge in [-0.1, -0.05) is 6.07 Å². The summed E-state index contributed by atoms with van der Waals surface area (Å²) in [6, 6.07) is 1.31. The van der Waals surface area contributed by atoms with Gasteiger partial charge in [-0.3, -0.25) is 13.7 Å². The molecule has 1 atom stereocenters. The van der Waals surface area contributed by atoms with E-state index in [1.807, 2.05) is 0 Å². The number of aliphatic hydroxyl groups excluding tert-OH is 1. The van der Waals surface area contributed by atoms with Gasteiger partial charge in [0.25, 0.3) is 30.4 Å². The molecular formula is C7H8O10S3. The molecule has 4 N–H and O–H groups in total. The largest absolute Gasteiger partial charge is 0.371 e. The third-order valence-corrected chi connectivity index (χ3v) is 4.69. The Morgan fingerprint density at radius 1 is 0.850 bits per heavy atom. The summed E-state index contributed by atoms with van der Waals surface area (Å²) in [5, 5.41) is 9.27. The molecule has 0 aliphatic heterocycles. The van der Waals surface area contributed by atoms with E-state index in [0.717, 1.165) is 0 Å². The summed E-state index contributed by atoms with van der Waals surface area (Å²) in [5.74, 6) is 0. The van der Waals surface area contributed by atoms with Crippen LogP contribution in [0.5, 0.6) is 0 Å². The van der Waals surface area contributed by atoms with Crippen LogP contribution in [-0.4, -0.2) is 44.0 Å². The summed E-state index contributed by atoms with van der Waals surface area (Å²) in [4.78, 5) is -2.26. The molecule has 0 fully saturated rings. The van der Waals surface area contributed by atoms with Crippen LogP contribution in [0.4, 0.5) is 0 Å². The number of hydrogen-bond donors (Lipinski definition) is 4. The molecule has 0 spiro atoms. The molecule has 1 unspecified atom stereocenters. The van der Waals surface area contributed by atoms with E-state index in [1.165, 1.54) is 0 Å². The topological polar surface area (TPSA) is 183 Å². The second-order valence-corrected chi connectivity index (χ2v) is 7.81. The molecule has 0 aromatic heterocycles. The fraction of sp³-hybridized carbons (Fsp3) is 0.143. The van der Waals surface area contributed by atoms with Gasteiger partial charge >= 0.3 is 0 Å². The van der Waals surface area contributed by atoms with Gasteiger partial charge in [-0.2, -0.15) is 25.3 Å². The Labute approximate surface area is 113 Å². The van der Waals surface area contributed by atoms with Crippen molar-refractivity contribution in [2.45, 2.75) is 15.2 Å². The Morgan fingerprint density at radius 2 is 1.35 bits per heavy atom. The van der Waals surface area contributed by atoms with Gasteiger partial charge in [-0.05, 0) is 12.1 Å². The zero-order valence-electron chi connectivity index (χ0n) is 9.27. The lowest BCUT2D eigenvalue weighted by Gasteiger charge is -2.12. The van der Waals surface area contributed by atoms with E-state index >= 15 is 0 Å². The highest BCUT2D eigenvalue weighted by atomic mass is 32.2. The average Bonchev–Trinajstić information content (AvgIpc) is 2.23. The standard InChI is InChI=1S/C7H8O10S3/c8-7(20(15,16)17)5-2-1-4(18(9,10)11)3-6(5)19(12,13)14/h1-3,7-8H,(H,9,10,11)(H,12,13,14)(H,15,16,17). The third kappa shape index (κ3) is 3.72. The molecule has 20 heavy (non-hydrogen) atoms. The van der Waals surface area contributed by atoms with Crippen molar-refractivity contribution in [1.29, 1.82) is 0 Å².